The van der Waals surface area contributed by atoms with Gasteiger partial charge >= 0.3 is 6.18 Å². The molecule has 2 rings (SSSR count). The fourth-order valence-corrected chi connectivity index (χ4v) is 2.72. The van der Waals surface area contributed by atoms with Gasteiger partial charge in [0.05, 0.1) is 25.0 Å². The van der Waals surface area contributed by atoms with Gasteiger partial charge in [-0.25, -0.2) is 4.98 Å². The molecule has 0 amide bonds. The van der Waals surface area contributed by atoms with E-state index in [2.05, 4.69) is 15.4 Å². The first-order chi connectivity index (χ1) is 10.3. The lowest BCUT2D eigenvalue weighted by molar-refractivity contribution is -0.134. The lowest BCUT2D eigenvalue weighted by Crippen LogP contribution is -2.08. The maximum absolute atomic E-state index is 12.5. The Bertz CT molecular complexity index is 636. The number of halogens is 3. The van der Waals surface area contributed by atoms with E-state index in [1.807, 2.05) is 18.5 Å². The van der Waals surface area contributed by atoms with E-state index in [0.29, 0.717) is 31.0 Å². The normalized spacial score (nSPS) is 11.9. The summed E-state index contributed by atoms with van der Waals surface area (Å²) < 4.78 is 44.5. The zero-order valence-corrected chi connectivity index (χ0v) is 13.3. The Labute approximate surface area is 130 Å². The van der Waals surface area contributed by atoms with Crippen molar-refractivity contribution in [1.29, 1.82) is 0 Å². The number of nitrogens with zero attached hydrogens (tertiary/aromatic N) is 3. The molecule has 22 heavy (non-hydrogen) atoms. The number of alkyl halides is 3. The van der Waals surface area contributed by atoms with Crippen LogP contribution >= 0.6 is 11.3 Å². The van der Waals surface area contributed by atoms with Crippen molar-refractivity contribution in [3.63, 3.8) is 0 Å². The fraction of sp³-hybridized carbons (Fsp3) is 0.538. The Hall–Kier alpha value is -1.61. The van der Waals surface area contributed by atoms with E-state index < -0.39 is 11.1 Å². The third-order valence-corrected chi connectivity index (χ3v) is 4.24. The number of nitrogens with one attached hydrogen (secondary N) is 1. The van der Waals surface area contributed by atoms with Crippen LogP contribution < -0.4 is 5.32 Å². The molecule has 2 aromatic heterocycles. The molecular weight excluding hydrogens is 317 g/mol. The van der Waals surface area contributed by atoms with E-state index in [4.69, 9.17) is 4.74 Å². The molecular formula is C13H17F3N4OS. The molecule has 0 aliphatic carbocycles. The minimum Gasteiger partial charge on any atom is -0.383 e. The molecule has 2 aromatic rings. The Morgan fingerprint density at radius 3 is 2.68 bits per heavy atom. The third-order valence-electron chi connectivity index (χ3n) is 3.24. The lowest BCUT2D eigenvalue weighted by Gasteiger charge is -2.05. The van der Waals surface area contributed by atoms with Crippen molar-refractivity contribution in [2.24, 2.45) is 0 Å². The van der Waals surface area contributed by atoms with Crippen LogP contribution in [0.25, 0.3) is 0 Å². The highest BCUT2D eigenvalue weighted by atomic mass is 32.1. The number of anilines is 1. The molecule has 0 aliphatic heterocycles. The Morgan fingerprint density at radius 1 is 1.36 bits per heavy atom. The summed E-state index contributed by atoms with van der Waals surface area (Å²) in [6.45, 7) is 5.37. The average molecular weight is 334 g/mol. The van der Waals surface area contributed by atoms with Gasteiger partial charge < -0.3 is 10.1 Å². The largest absolute Gasteiger partial charge is 0.427 e. The first-order valence-electron chi connectivity index (χ1n) is 6.61. The maximum atomic E-state index is 12.5. The molecule has 9 heteroatoms. The van der Waals surface area contributed by atoms with Gasteiger partial charge in [-0.15, -0.1) is 0 Å². The molecule has 1 N–H and O–H groups in total. The van der Waals surface area contributed by atoms with Crippen LogP contribution in [0.1, 0.15) is 21.8 Å². The number of rotatable bonds is 6. The topological polar surface area (TPSA) is 52.0 Å². The third kappa shape index (κ3) is 3.77. The van der Waals surface area contributed by atoms with E-state index in [9.17, 15) is 13.2 Å². The smallest absolute Gasteiger partial charge is 0.383 e. The van der Waals surface area contributed by atoms with Crippen LogP contribution in [-0.2, 0) is 24.0 Å². The molecule has 122 valence electrons. The quantitative estimate of drug-likeness (QED) is 0.881. The molecule has 2 heterocycles. The SMILES string of the molecule is COCCn1nc(C)c(CNc2ncc(C(F)(F)F)s2)c1C. The summed E-state index contributed by atoms with van der Waals surface area (Å²) in [7, 11) is 1.62. The van der Waals surface area contributed by atoms with E-state index in [0.717, 1.165) is 23.1 Å². The first-order valence-corrected chi connectivity index (χ1v) is 7.43. The van der Waals surface area contributed by atoms with E-state index >= 15 is 0 Å². The van der Waals surface area contributed by atoms with Crippen LogP contribution in [0.5, 0.6) is 0 Å². The minimum atomic E-state index is -4.35. The van der Waals surface area contributed by atoms with Gasteiger partial charge in [0.1, 0.15) is 4.88 Å². The molecule has 0 unspecified atom stereocenters. The Morgan fingerprint density at radius 2 is 2.09 bits per heavy atom. The second-order valence-electron chi connectivity index (χ2n) is 4.75. The lowest BCUT2D eigenvalue weighted by atomic mass is 10.2. The summed E-state index contributed by atoms with van der Waals surface area (Å²) >= 11 is 0.597. The second kappa shape index (κ2) is 6.66. The summed E-state index contributed by atoms with van der Waals surface area (Å²) in [6, 6.07) is 0. The Balaban J connectivity index is 2.05. The number of thiazole rings is 1. The van der Waals surface area contributed by atoms with Gasteiger partial charge in [-0.3, -0.25) is 4.68 Å². The first kappa shape index (κ1) is 16.8. The summed E-state index contributed by atoms with van der Waals surface area (Å²) in [5.41, 5.74) is 2.77. The standard InChI is InChI=1S/C13H17F3N4OS/c1-8-10(9(2)20(19-8)4-5-21-3)6-17-12-18-7-11(22-12)13(14,15)16/h7H,4-6H2,1-3H3,(H,17,18). The number of ether oxygens (including phenoxy) is 1. The fourth-order valence-electron chi connectivity index (χ4n) is 2.04. The van der Waals surface area contributed by atoms with Crippen molar-refractivity contribution in [2.75, 3.05) is 19.0 Å². The summed E-state index contributed by atoms with van der Waals surface area (Å²) in [6.07, 6.45) is -3.51. The molecule has 0 radical (unpaired) electrons. The van der Waals surface area contributed by atoms with Crippen LogP contribution in [-0.4, -0.2) is 28.5 Å². The molecule has 5 nitrogen and oxygen atoms in total. The predicted octanol–water partition coefficient (Wildman–Crippen LogP) is 3.23. The molecule has 0 atom stereocenters. The maximum Gasteiger partial charge on any atom is 0.427 e. The van der Waals surface area contributed by atoms with Gasteiger partial charge in [0.15, 0.2) is 5.13 Å². The van der Waals surface area contributed by atoms with E-state index in [-0.39, 0.29) is 5.13 Å². The second-order valence-corrected chi connectivity index (χ2v) is 5.78. The monoisotopic (exact) mass is 334 g/mol. The van der Waals surface area contributed by atoms with Crippen LogP contribution in [0.2, 0.25) is 0 Å². The van der Waals surface area contributed by atoms with Crippen molar-refractivity contribution in [3.8, 4) is 0 Å². The number of hydrogen-bond donors (Lipinski definition) is 1. The van der Waals surface area contributed by atoms with Gasteiger partial charge in [-0.2, -0.15) is 18.3 Å². The average Bonchev–Trinajstić information content (AvgIpc) is 3.00. The zero-order chi connectivity index (χ0) is 16.3. The molecule has 0 aromatic carbocycles. The van der Waals surface area contributed by atoms with Crippen LogP contribution in [0.4, 0.5) is 18.3 Å². The van der Waals surface area contributed by atoms with Crippen molar-refractivity contribution >= 4 is 16.5 Å². The number of aryl methyl sites for hydroxylation is 1. The molecule has 0 saturated heterocycles. The van der Waals surface area contributed by atoms with Crippen molar-refractivity contribution in [1.82, 2.24) is 14.8 Å². The molecule has 0 spiro atoms. The number of methoxy groups -OCH3 is 1. The molecule has 0 saturated carbocycles. The highest BCUT2D eigenvalue weighted by molar-refractivity contribution is 7.15. The minimum absolute atomic E-state index is 0.246. The summed E-state index contributed by atoms with van der Waals surface area (Å²) in [5.74, 6) is 0. The molecule has 0 fully saturated rings. The highest BCUT2D eigenvalue weighted by Crippen LogP contribution is 2.35. The van der Waals surface area contributed by atoms with Crippen molar-refractivity contribution in [2.45, 2.75) is 33.1 Å². The summed E-state index contributed by atoms with van der Waals surface area (Å²) in [5, 5.41) is 7.58. The summed E-state index contributed by atoms with van der Waals surface area (Å²) in [4.78, 5) is 3.04. The predicted molar refractivity (Wildman–Crippen MR) is 78.0 cm³/mol. The van der Waals surface area contributed by atoms with Gasteiger partial charge in [-0.05, 0) is 13.8 Å². The van der Waals surface area contributed by atoms with E-state index in [1.54, 1.807) is 7.11 Å². The van der Waals surface area contributed by atoms with E-state index in [1.165, 1.54) is 0 Å². The van der Waals surface area contributed by atoms with Gasteiger partial charge in [0, 0.05) is 24.9 Å². The number of hydrogen-bond acceptors (Lipinski definition) is 5. The zero-order valence-electron chi connectivity index (χ0n) is 12.5. The molecule has 0 bridgehead atoms. The van der Waals surface area contributed by atoms with Crippen molar-refractivity contribution in [3.05, 3.63) is 28.0 Å². The van der Waals surface area contributed by atoms with Crippen LogP contribution in [0.15, 0.2) is 6.20 Å². The van der Waals surface area contributed by atoms with Crippen LogP contribution in [0.3, 0.4) is 0 Å². The number of aromatic nitrogens is 3. The molecule has 0 aliphatic rings. The highest BCUT2D eigenvalue weighted by Gasteiger charge is 2.33. The van der Waals surface area contributed by atoms with Crippen LogP contribution in [0, 0.1) is 13.8 Å². The van der Waals surface area contributed by atoms with Gasteiger partial charge in [0.25, 0.3) is 0 Å². The Kier molecular flexibility index (Phi) is 5.07. The van der Waals surface area contributed by atoms with Gasteiger partial charge in [-0.1, -0.05) is 11.3 Å². The van der Waals surface area contributed by atoms with Gasteiger partial charge in [0.2, 0.25) is 0 Å². The van der Waals surface area contributed by atoms with Crippen molar-refractivity contribution < 1.29 is 17.9 Å².